The maximum absolute atomic E-state index is 4.26. The summed E-state index contributed by atoms with van der Waals surface area (Å²) in [7, 11) is 4.32. The van der Waals surface area contributed by atoms with Gasteiger partial charge in [0.2, 0.25) is 0 Å². The van der Waals surface area contributed by atoms with Gasteiger partial charge >= 0.3 is 0 Å². The topological polar surface area (TPSA) is 53.1 Å². The lowest BCUT2D eigenvalue weighted by Crippen LogP contribution is -2.54. The molecule has 1 saturated carbocycles. The molecule has 0 spiro atoms. The van der Waals surface area contributed by atoms with Crippen LogP contribution >= 0.6 is 0 Å². The highest BCUT2D eigenvalue weighted by Gasteiger charge is 2.38. The maximum Gasteiger partial charge on any atom is 0.131 e. The first-order valence-corrected chi connectivity index (χ1v) is 6.63. The number of likely N-dealkylation sites (N-methyl/N-ethyl adjacent to an activating group) is 1. The molecule has 0 aliphatic heterocycles. The fraction of sp³-hybridized carbons (Fsp3) is 0.692. The van der Waals surface area contributed by atoms with Gasteiger partial charge in [-0.3, -0.25) is 0 Å². The van der Waals surface area contributed by atoms with Gasteiger partial charge in [-0.15, -0.1) is 0 Å². The molecule has 1 aliphatic carbocycles. The van der Waals surface area contributed by atoms with Crippen LogP contribution in [0.3, 0.4) is 0 Å². The highest BCUT2D eigenvalue weighted by molar-refractivity contribution is 5.46. The second kappa shape index (κ2) is 5.52. The van der Waals surface area contributed by atoms with Crippen LogP contribution in [0.1, 0.15) is 26.2 Å². The van der Waals surface area contributed by atoms with Gasteiger partial charge in [-0.05, 0) is 40.3 Å². The molecule has 0 saturated heterocycles. The summed E-state index contributed by atoms with van der Waals surface area (Å²) in [6.07, 6.45) is 5.45. The fourth-order valence-electron chi connectivity index (χ4n) is 2.35. The molecular weight excluding hydrogens is 226 g/mol. The van der Waals surface area contributed by atoms with E-state index in [2.05, 4.69) is 46.5 Å². The smallest absolute Gasteiger partial charge is 0.131 e. The molecule has 1 fully saturated rings. The van der Waals surface area contributed by atoms with Crippen LogP contribution in [-0.2, 0) is 0 Å². The Morgan fingerprint density at radius 2 is 1.89 bits per heavy atom. The molecule has 1 aromatic heterocycles. The van der Waals surface area contributed by atoms with Crippen molar-refractivity contribution < 1.29 is 0 Å². The normalized spacial score (nSPS) is 17.3. The quantitative estimate of drug-likeness (QED) is 0.805. The summed E-state index contributed by atoms with van der Waals surface area (Å²) in [5, 5.41) is 6.63. The third-order valence-corrected chi connectivity index (χ3v) is 3.86. The van der Waals surface area contributed by atoms with Gasteiger partial charge in [-0.2, -0.15) is 0 Å². The van der Waals surface area contributed by atoms with E-state index in [0.717, 1.165) is 24.7 Å². The van der Waals surface area contributed by atoms with E-state index in [4.69, 9.17) is 0 Å². The van der Waals surface area contributed by atoms with E-state index in [1.54, 1.807) is 6.33 Å². The van der Waals surface area contributed by atoms with Crippen molar-refractivity contribution >= 4 is 11.6 Å². The number of nitrogens with zero attached hydrogens (tertiary/aromatic N) is 3. The summed E-state index contributed by atoms with van der Waals surface area (Å²) in [6.45, 7) is 3.88. The molecule has 0 unspecified atom stereocenters. The first-order chi connectivity index (χ1) is 8.66. The number of aromatic nitrogens is 2. The third-order valence-electron chi connectivity index (χ3n) is 3.86. The van der Waals surface area contributed by atoms with E-state index in [-0.39, 0.29) is 0 Å². The van der Waals surface area contributed by atoms with Gasteiger partial charge in [-0.1, -0.05) is 0 Å². The molecule has 0 atom stereocenters. The summed E-state index contributed by atoms with van der Waals surface area (Å²) < 4.78 is 0. The number of hydrogen-bond acceptors (Lipinski definition) is 5. The largest absolute Gasteiger partial charge is 0.370 e. The molecule has 0 amide bonds. The van der Waals surface area contributed by atoms with Crippen molar-refractivity contribution in [3.8, 4) is 0 Å². The van der Waals surface area contributed by atoms with Crippen molar-refractivity contribution in [3.63, 3.8) is 0 Å². The van der Waals surface area contributed by atoms with Crippen LogP contribution in [0.25, 0.3) is 0 Å². The number of rotatable bonds is 6. The molecule has 18 heavy (non-hydrogen) atoms. The zero-order chi connectivity index (χ0) is 13.0. The van der Waals surface area contributed by atoms with E-state index in [1.807, 2.05) is 6.07 Å². The lowest BCUT2D eigenvalue weighted by atomic mass is 9.75. The molecule has 100 valence electrons. The zero-order valence-electron chi connectivity index (χ0n) is 11.5. The fourth-order valence-corrected chi connectivity index (χ4v) is 2.35. The van der Waals surface area contributed by atoms with Crippen LogP contribution < -0.4 is 10.6 Å². The Labute approximate surface area is 109 Å². The van der Waals surface area contributed by atoms with Gasteiger partial charge in [-0.25, -0.2) is 9.97 Å². The second-order valence-electron chi connectivity index (χ2n) is 5.14. The molecule has 5 nitrogen and oxygen atoms in total. The predicted molar refractivity (Wildman–Crippen MR) is 75.0 cm³/mol. The molecular formula is C13H23N5. The van der Waals surface area contributed by atoms with Gasteiger partial charge < -0.3 is 15.5 Å². The van der Waals surface area contributed by atoms with E-state index < -0.39 is 0 Å². The Balaban J connectivity index is 1.95. The molecule has 2 rings (SSSR count). The molecule has 5 heteroatoms. The lowest BCUT2D eigenvalue weighted by molar-refractivity contribution is 0.0738. The first-order valence-electron chi connectivity index (χ1n) is 6.63. The Bertz CT molecular complexity index is 387. The average molecular weight is 249 g/mol. The minimum absolute atomic E-state index is 0.309. The summed E-state index contributed by atoms with van der Waals surface area (Å²) in [5.74, 6) is 1.77. The molecule has 1 aliphatic rings. The van der Waals surface area contributed by atoms with Crippen molar-refractivity contribution in [2.45, 2.75) is 31.7 Å². The third kappa shape index (κ3) is 2.72. The predicted octanol–water partition coefficient (Wildman–Crippen LogP) is 1.80. The van der Waals surface area contributed by atoms with Gasteiger partial charge in [0.05, 0.1) is 0 Å². The van der Waals surface area contributed by atoms with Crippen molar-refractivity contribution in [2.75, 3.05) is 37.8 Å². The van der Waals surface area contributed by atoms with Crippen molar-refractivity contribution in [3.05, 3.63) is 12.4 Å². The summed E-state index contributed by atoms with van der Waals surface area (Å²) in [6, 6.07) is 1.96. The summed E-state index contributed by atoms with van der Waals surface area (Å²) in [4.78, 5) is 10.8. The van der Waals surface area contributed by atoms with Gasteiger partial charge in [0.1, 0.15) is 18.0 Å². The van der Waals surface area contributed by atoms with Crippen LogP contribution in [0.15, 0.2) is 12.4 Å². The Hall–Kier alpha value is -1.36. The highest BCUT2D eigenvalue weighted by Crippen LogP contribution is 2.36. The van der Waals surface area contributed by atoms with E-state index in [0.29, 0.717) is 5.54 Å². The first kappa shape index (κ1) is 13.1. The van der Waals surface area contributed by atoms with Gasteiger partial charge in [0, 0.05) is 24.7 Å². The van der Waals surface area contributed by atoms with E-state index in [1.165, 1.54) is 19.3 Å². The minimum atomic E-state index is 0.309. The molecule has 2 N–H and O–H groups in total. The van der Waals surface area contributed by atoms with Crippen molar-refractivity contribution in [1.29, 1.82) is 0 Å². The maximum atomic E-state index is 4.26. The SMILES string of the molecule is CCNc1cc(NCC2(N(C)C)CCC2)ncn1. The molecule has 0 radical (unpaired) electrons. The summed E-state index contributed by atoms with van der Waals surface area (Å²) in [5.41, 5.74) is 0.309. The number of anilines is 2. The average Bonchev–Trinajstić information content (AvgIpc) is 2.28. The van der Waals surface area contributed by atoms with Crippen LogP contribution in [0, 0.1) is 0 Å². The standard InChI is InChI=1S/C13H23N5/c1-4-14-11-8-12(17-10-16-11)15-9-13(18(2)3)6-5-7-13/h8,10H,4-7,9H2,1-3H3,(H2,14,15,16,17). The van der Waals surface area contributed by atoms with E-state index in [9.17, 15) is 0 Å². The Morgan fingerprint density at radius 1 is 1.22 bits per heavy atom. The van der Waals surface area contributed by atoms with Gasteiger partial charge in [0.15, 0.2) is 0 Å². The van der Waals surface area contributed by atoms with Gasteiger partial charge in [0.25, 0.3) is 0 Å². The lowest BCUT2D eigenvalue weighted by Gasteiger charge is -2.47. The molecule has 1 heterocycles. The number of nitrogens with one attached hydrogen (secondary N) is 2. The molecule has 1 aromatic rings. The van der Waals surface area contributed by atoms with Crippen LogP contribution in [-0.4, -0.2) is 47.6 Å². The monoisotopic (exact) mass is 249 g/mol. The number of hydrogen-bond donors (Lipinski definition) is 2. The van der Waals surface area contributed by atoms with Crippen LogP contribution in [0.5, 0.6) is 0 Å². The van der Waals surface area contributed by atoms with Crippen LogP contribution in [0.2, 0.25) is 0 Å². The Kier molecular flexibility index (Phi) is 4.01. The minimum Gasteiger partial charge on any atom is -0.370 e. The molecule has 0 bridgehead atoms. The Morgan fingerprint density at radius 3 is 2.39 bits per heavy atom. The van der Waals surface area contributed by atoms with E-state index >= 15 is 0 Å². The highest BCUT2D eigenvalue weighted by atomic mass is 15.2. The second-order valence-corrected chi connectivity index (χ2v) is 5.14. The molecule has 0 aromatic carbocycles. The van der Waals surface area contributed by atoms with Crippen LogP contribution in [0.4, 0.5) is 11.6 Å². The van der Waals surface area contributed by atoms with Crippen molar-refractivity contribution in [1.82, 2.24) is 14.9 Å². The zero-order valence-corrected chi connectivity index (χ0v) is 11.5. The van der Waals surface area contributed by atoms with Crippen molar-refractivity contribution in [2.24, 2.45) is 0 Å². The summed E-state index contributed by atoms with van der Waals surface area (Å²) >= 11 is 0.